The molecule has 0 heterocycles. The maximum Gasteiger partial charge on any atom is 0.230 e. The fourth-order valence-corrected chi connectivity index (χ4v) is 2.86. The van der Waals surface area contributed by atoms with Gasteiger partial charge in [-0.05, 0) is 58.8 Å². The van der Waals surface area contributed by atoms with Gasteiger partial charge in [0.15, 0.2) is 11.3 Å². The highest BCUT2D eigenvalue weighted by Crippen LogP contribution is 2.19. The molecule has 0 aromatic carbocycles. The minimum Gasteiger partial charge on any atom is -0.301 e. The molecule has 0 bridgehead atoms. The first-order chi connectivity index (χ1) is 10.0. The van der Waals surface area contributed by atoms with E-state index < -0.39 is 5.54 Å². The molecule has 0 amide bonds. The average molecular weight is 297 g/mol. The summed E-state index contributed by atoms with van der Waals surface area (Å²) in [6, 6.07) is 0. The van der Waals surface area contributed by atoms with Crippen molar-refractivity contribution in [3.05, 3.63) is 0 Å². The summed E-state index contributed by atoms with van der Waals surface area (Å²) in [7, 11) is 0. The summed E-state index contributed by atoms with van der Waals surface area (Å²) in [5, 5.41) is 0. The lowest BCUT2D eigenvalue weighted by Crippen LogP contribution is -2.62. The van der Waals surface area contributed by atoms with Gasteiger partial charge in [-0.3, -0.25) is 14.5 Å². The second kappa shape index (κ2) is 10.9. The van der Waals surface area contributed by atoms with Crippen LogP contribution in [-0.2, 0) is 9.59 Å². The summed E-state index contributed by atoms with van der Waals surface area (Å²) < 4.78 is 0. The molecular formula is C17H33N2O2. The van der Waals surface area contributed by atoms with E-state index in [1.54, 1.807) is 0 Å². The molecule has 0 aliphatic carbocycles. The molecule has 0 rings (SSSR count). The van der Waals surface area contributed by atoms with Crippen molar-refractivity contribution in [1.29, 1.82) is 0 Å². The molecule has 0 fully saturated rings. The van der Waals surface area contributed by atoms with Gasteiger partial charge in [-0.2, -0.15) is 0 Å². The second-order valence-corrected chi connectivity index (χ2v) is 5.78. The van der Waals surface area contributed by atoms with Crippen molar-refractivity contribution in [2.24, 2.45) is 0 Å². The Bertz CT molecular complexity index is 295. The molecule has 0 saturated carbocycles. The summed E-state index contributed by atoms with van der Waals surface area (Å²) in [6.45, 7) is 13.7. The highest BCUT2D eigenvalue weighted by atomic mass is 16.1. The number of hydrogen-bond acceptors (Lipinski definition) is 4. The van der Waals surface area contributed by atoms with E-state index in [2.05, 4.69) is 38.9 Å². The fraction of sp³-hybridized carbons (Fsp3) is 0.882. The highest BCUT2D eigenvalue weighted by Gasteiger charge is 2.43. The smallest absolute Gasteiger partial charge is 0.230 e. The van der Waals surface area contributed by atoms with Crippen LogP contribution in [0.5, 0.6) is 0 Å². The topological polar surface area (TPSA) is 40.6 Å². The molecule has 0 aromatic heterocycles. The number of nitrogens with zero attached hydrogens (tertiary/aromatic N) is 2. The first-order valence-corrected chi connectivity index (χ1v) is 8.39. The van der Waals surface area contributed by atoms with E-state index in [9.17, 15) is 9.59 Å². The van der Waals surface area contributed by atoms with E-state index in [1.807, 2.05) is 4.90 Å². The molecule has 1 atom stereocenters. The molecule has 1 unspecified atom stereocenters. The normalized spacial score (nSPS) is 14.4. The number of carbonyl (C=O) groups excluding carboxylic acids is 2. The van der Waals surface area contributed by atoms with Gasteiger partial charge in [0.05, 0.1) is 0 Å². The summed E-state index contributed by atoms with van der Waals surface area (Å²) in [4.78, 5) is 28.3. The third-order valence-electron chi connectivity index (χ3n) is 3.81. The third kappa shape index (κ3) is 5.87. The Labute approximate surface area is 130 Å². The van der Waals surface area contributed by atoms with Crippen molar-refractivity contribution in [3.8, 4) is 0 Å². The lowest BCUT2D eigenvalue weighted by molar-refractivity contribution is -0.126. The Morgan fingerprint density at radius 2 is 1.33 bits per heavy atom. The molecule has 0 aliphatic rings. The molecule has 21 heavy (non-hydrogen) atoms. The van der Waals surface area contributed by atoms with Crippen molar-refractivity contribution in [1.82, 2.24) is 9.80 Å². The Balaban J connectivity index is 5.37. The van der Waals surface area contributed by atoms with Gasteiger partial charge in [0.25, 0.3) is 0 Å². The van der Waals surface area contributed by atoms with E-state index in [4.69, 9.17) is 0 Å². The Morgan fingerprint density at radius 1 is 0.905 bits per heavy atom. The lowest BCUT2D eigenvalue weighted by atomic mass is 9.92. The van der Waals surface area contributed by atoms with Crippen LogP contribution in [0.2, 0.25) is 0 Å². The zero-order chi connectivity index (χ0) is 16.3. The van der Waals surface area contributed by atoms with E-state index in [0.29, 0.717) is 6.54 Å². The van der Waals surface area contributed by atoms with Crippen molar-refractivity contribution in [2.75, 3.05) is 32.7 Å². The Morgan fingerprint density at radius 3 is 1.62 bits per heavy atom. The van der Waals surface area contributed by atoms with Crippen LogP contribution in [0.4, 0.5) is 0 Å². The largest absolute Gasteiger partial charge is 0.301 e. The number of Topliss-reactive ketones (excluding diaryl/α,β-unsaturated/α-hetero) is 1. The molecule has 4 nitrogen and oxygen atoms in total. The molecule has 4 heteroatoms. The predicted octanol–water partition coefficient (Wildman–Crippen LogP) is 2.67. The van der Waals surface area contributed by atoms with Gasteiger partial charge in [-0.1, -0.05) is 27.7 Å². The Hall–Kier alpha value is -0.740. The van der Waals surface area contributed by atoms with Crippen LogP contribution in [-0.4, -0.2) is 60.1 Å². The van der Waals surface area contributed by atoms with Gasteiger partial charge in [0, 0.05) is 6.54 Å². The average Bonchev–Trinajstić information content (AvgIpc) is 2.44. The van der Waals surface area contributed by atoms with Gasteiger partial charge in [0.1, 0.15) is 0 Å². The standard InChI is InChI=1S/C17H33N2O2/c1-6-10-18(11-7-2)14-17(15-20,16(5)21)19(12-8-3)13-9-4/h6-14H2,1-5H3. The van der Waals surface area contributed by atoms with E-state index in [0.717, 1.165) is 51.9 Å². The van der Waals surface area contributed by atoms with Gasteiger partial charge >= 0.3 is 0 Å². The van der Waals surface area contributed by atoms with Crippen molar-refractivity contribution in [3.63, 3.8) is 0 Å². The summed E-state index contributed by atoms with van der Waals surface area (Å²) in [5.41, 5.74) is -1.10. The first kappa shape index (κ1) is 20.3. The van der Waals surface area contributed by atoms with Crippen molar-refractivity contribution >= 4 is 12.1 Å². The van der Waals surface area contributed by atoms with E-state index >= 15 is 0 Å². The molecule has 0 spiro atoms. The number of hydrogen-bond donors (Lipinski definition) is 0. The fourth-order valence-electron chi connectivity index (χ4n) is 2.86. The number of ketones is 1. The number of rotatable bonds is 13. The number of carbonyl (C=O) groups is 1. The molecule has 0 aromatic rings. The zero-order valence-electron chi connectivity index (χ0n) is 14.6. The van der Waals surface area contributed by atoms with E-state index in [-0.39, 0.29) is 5.78 Å². The zero-order valence-corrected chi connectivity index (χ0v) is 14.6. The van der Waals surface area contributed by atoms with Crippen LogP contribution >= 0.6 is 0 Å². The first-order valence-electron chi connectivity index (χ1n) is 8.39. The monoisotopic (exact) mass is 297 g/mol. The van der Waals surface area contributed by atoms with Gasteiger partial charge in [-0.15, -0.1) is 0 Å². The van der Waals surface area contributed by atoms with Crippen LogP contribution in [0.1, 0.15) is 60.3 Å². The Kier molecular flexibility index (Phi) is 10.5. The summed E-state index contributed by atoms with van der Waals surface area (Å²) >= 11 is 0. The maximum atomic E-state index is 12.3. The summed E-state index contributed by atoms with van der Waals surface area (Å²) in [5.74, 6) is -0.0865. The second-order valence-electron chi connectivity index (χ2n) is 5.78. The van der Waals surface area contributed by atoms with Crippen LogP contribution in [0.3, 0.4) is 0 Å². The molecule has 0 N–H and O–H groups in total. The van der Waals surface area contributed by atoms with Crippen LogP contribution in [0, 0.1) is 0 Å². The van der Waals surface area contributed by atoms with Gasteiger partial charge in [0.2, 0.25) is 6.29 Å². The van der Waals surface area contributed by atoms with Gasteiger partial charge in [-0.25, -0.2) is 0 Å². The lowest BCUT2D eigenvalue weighted by Gasteiger charge is -2.40. The van der Waals surface area contributed by atoms with E-state index in [1.165, 1.54) is 6.92 Å². The highest BCUT2D eigenvalue weighted by molar-refractivity contribution is 6.02. The predicted molar refractivity (Wildman–Crippen MR) is 88.3 cm³/mol. The van der Waals surface area contributed by atoms with Crippen LogP contribution < -0.4 is 0 Å². The minimum absolute atomic E-state index is 0.0865. The summed E-state index contributed by atoms with van der Waals surface area (Å²) in [6.07, 6.45) is 6.02. The SMILES string of the molecule is CCCN(CCC)CC([C]=O)(C(C)=O)N(CCC)CCC. The molecule has 0 aliphatic heterocycles. The minimum atomic E-state index is -1.10. The quantitative estimate of drug-likeness (QED) is 0.490. The van der Waals surface area contributed by atoms with Crippen LogP contribution in [0.15, 0.2) is 0 Å². The van der Waals surface area contributed by atoms with Gasteiger partial charge < -0.3 is 4.90 Å². The molecule has 1 radical (unpaired) electrons. The third-order valence-corrected chi connectivity index (χ3v) is 3.81. The molecular weight excluding hydrogens is 264 g/mol. The molecule has 123 valence electrons. The van der Waals surface area contributed by atoms with Crippen LogP contribution in [0.25, 0.3) is 0 Å². The van der Waals surface area contributed by atoms with Crippen molar-refractivity contribution < 1.29 is 9.59 Å². The maximum absolute atomic E-state index is 12.3. The molecule has 0 saturated heterocycles. The van der Waals surface area contributed by atoms with Crippen molar-refractivity contribution in [2.45, 2.75) is 65.8 Å².